The monoisotopic (exact) mass is 360 g/mol. The third kappa shape index (κ3) is 3.99. The second-order valence-electron chi connectivity index (χ2n) is 2.90. The number of hydrogen-bond donors (Lipinski definition) is 0. The predicted octanol–water partition coefficient (Wildman–Crippen LogP) is 3.12. The molecule has 0 unspecified atom stereocenters. The highest BCUT2D eigenvalue weighted by Gasteiger charge is 2.33. The molecule has 0 aliphatic rings. The molecule has 0 aliphatic heterocycles. The molecule has 0 aromatic carbocycles. The van der Waals surface area contributed by atoms with Crippen LogP contribution in [0.25, 0.3) is 0 Å². The van der Waals surface area contributed by atoms with E-state index in [0.29, 0.717) is 3.70 Å². The fraction of sp³-hybridized carbons (Fsp3) is 0.333. The van der Waals surface area contributed by atoms with Gasteiger partial charge in [-0.25, -0.2) is 9.37 Å². The largest absolute Gasteiger partial charge is 0.573 e. The van der Waals surface area contributed by atoms with E-state index < -0.39 is 24.5 Å². The molecule has 0 N–H and O–H groups in total. The van der Waals surface area contributed by atoms with Gasteiger partial charge in [-0.2, -0.15) is 5.26 Å². The Kier molecular flexibility index (Phi) is 4.50. The highest BCUT2D eigenvalue weighted by Crippen LogP contribution is 2.31. The van der Waals surface area contributed by atoms with Crippen molar-refractivity contribution in [3.63, 3.8) is 0 Å². The van der Waals surface area contributed by atoms with Crippen LogP contribution < -0.4 is 4.74 Å². The standard InChI is InChI=1S/C9H5F4IN2O/c10-4-6-8(17-9(11,12)13)5(1-2-15)3-7(14)16-6/h3H,1,4H2. The first-order valence-corrected chi connectivity index (χ1v) is 5.32. The van der Waals surface area contributed by atoms with E-state index in [2.05, 4.69) is 9.72 Å². The normalized spacial score (nSPS) is 11.1. The van der Waals surface area contributed by atoms with Crippen molar-refractivity contribution in [2.45, 2.75) is 19.5 Å². The Bertz CT molecular complexity index is 456. The number of aromatic nitrogens is 1. The van der Waals surface area contributed by atoms with Gasteiger partial charge in [0, 0.05) is 5.56 Å². The van der Waals surface area contributed by atoms with Crippen LogP contribution in [0.4, 0.5) is 17.6 Å². The fourth-order valence-electron chi connectivity index (χ4n) is 1.15. The van der Waals surface area contributed by atoms with Gasteiger partial charge < -0.3 is 4.74 Å². The van der Waals surface area contributed by atoms with Crippen molar-refractivity contribution in [2.24, 2.45) is 0 Å². The van der Waals surface area contributed by atoms with Gasteiger partial charge in [-0.15, -0.1) is 13.2 Å². The molecule has 17 heavy (non-hydrogen) atoms. The van der Waals surface area contributed by atoms with Crippen LogP contribution in [0.1, 0.15) is 11.3 Å². The van der Waals surface area contributed by atoms with Crippen molar-refractivity contribution < 1.29 is 22.3 Å². The summed E-state index contributed by atoms with van der Waals surface area (Å²) in [4.78, 5) is 3.60. The van der Waals surface area contributed by atoms with Crippen LogP contribution in [-0.4, -0.2) is 11.3 Å². The molecule has 0 aliphatic carbocycles. The van der Waals surface area contributed by atoms with Gasteiger partial charge in [0.25, 0.3) is 0 Å². The van der Waals surface area contributed by atoms with Gasteiger partial charge in [0.2, 0.25) is 0 Å². The predicted molar refractivity (Wildman–Crippen MR) is 57.8 cm³/mol. The summed E-state index contributed by atoms with van der Waals surface area (Å²) in [5.74, 6) is -0.720. The van der Waals surface area contributed by atoms with Crippen molar-refractivity contribution >= 4 is 22.6 Å². The van der Waals surface area contributed by atoms with E-state index in [1.807, 2.05) is 0 Å². The highest BCUT2D eigenvalue weighted by molar-refractivity contribution is 14.1. The van der Waals surface area contributed by atoms with Crippen LogP contribution in [-0.2, 0) is 13.1 Å². The summed E-state index contributed by atoms with van der Waals surface area (Å²) in [5.41, 5.74) is -0.489. The smallest absolute Gasteiger partial charge is 0.403 e. The van der Waals surface area contributed by atoms with Crippen LogP contribution in [0.2, 0.25) is 0 Å². The summed E-state index contributed by atoms with van der Waals surface area (Å²) in [7, 11) is 0. The average molecular weight is 360 g/mol. The number of rotatable bonds is 3. The minimum Gasteiger partial charge on any atom is -0.403 e. The maximum Gasteiger partial charge on any atom is 0.573 e. The highest BCUT2D eigenvalue weighted by atomic mass is 127. The van der Waals surface area contributed by atoms with Crippen molar-refractivity contribution in [1.82, 2.24) is 4.98 Å². The Balaban J connectivity index is 3.27. The number of pyridine rings is 1. The molecule has 0 fully saturated rings. The third-order valence-corrected chi connectivity index (χ3v) is 2.26. The summed E-state index contributed by atoms with van der Waals surface area (Å²) in [6.07, 6.45) is -5.25. The van der Waals surface area contributed by atoms with Crippen LogP contribution in [0.15, 0.2) is 6.07 Å². The van der Waals surface area contributed by atoms with Crippen LogP contribution >= 0.6 is 22.6 Å². The summed E-state index contributed by atoms with van der Waals surface area (Å²) < 4.78 is 52.9. The van der Waals surface area contributed by atoms with E-state index in [-0.39, 0.29) is 12.0 Å². The first kappa shape index (κ1) is 14.0. The van der Waals surface area contributed by atoms with Gasteiger partial charge in [-0.3, -0.25) is 0 Å². The quantitative estimate of drug-likeness (QED) is 0.473. The Morgan fingerprint density at radius 3 is 2.59 bits per heavy atom. The molecule has 0 saturated carbocycles. The zero-order valence-corrected chi connectivity index (χ0v) is 10.3. The fourth-order valence-corrected chi connectivity index (χ4v) is 1.82. The summed E-state index contributed by atoms with van der Waals surface area (Å²) in [5, 5.41) is 8.49. The maximum atomic E-state index is 12.6. The lowest BCUT2D eigenvalue weighted by molar-refractivity contribution is -0.275. The first-order valence-electron chi connectivity index (χ1n) is 4.24. The Labute approximate surface area is 108 Å². The molecule has 3 nitrogen and oxygen atoms in total. The molecule has 0 atom stereocenters. The molecule has 1 heterocycles. The number of alkyl halides is 4. The lowest BCUT2D eigenvalue weighted by atomic mass is 10.1. The van der Waals surface area contributed by atoms with E-state index in [4.69, 9.17) is 5.26 Å². The molecule has 0 saturated heterocycles. The number of hydrogen-bond acceptors (Lipinski definition) is 3. The first-order chi connectivity index (χ1) is 7.87. The van der Waals surface area contributed by atoms with E-state index >= 15 is 0 Å². The molecule has 92 valence electrons. The summed E-state index contributed by atoms with van der Waals surface area (Å²) >= 11 is 1.72. The van der Waals surface area contributed by atoms with Crippen LogP contribution in [0.5, 0.6) is 5.75 Å². The minimum atomic E-state index is -4.94. The molecular weight excluding hydrogens is 355 g/mol. The van der Waals surface area contributed by atoms with Crippen molar-refractivity contribution in [1.29, 1.82) is 5.26 Å². The van der Waals surface area contributed by atoms with Gasteiger partial charge in [-0.1, -0.05) is 0 Å². The molecular formula is C9H5F4IN2O. The van der Waals surface area contributed by atoms with Gasteiger partial charge in [0.05, 0.1) is 12.5 Å². The summed E-state index contributed by atoms with van der Waals surface area (Å²) in [6, 6.07) is 2.94. The van der Waals surface area contributed by atoms with Crippen LogP contribution in [0.3, 0.4) is 0 Å². The summed E-state index contributed by atoms with van der Waals surface area (Å²) in [6.45, 7) is -1.19. The minimum absolute atomic E-state index is 0.0307. The van der Waals surface area contributed by atoms with Gasteiger partial charge >= 0.3 is 6.36 Å². The van der Waals surface area contributed by atoms with Crippen molar-refractivity contribution in [3.05, 3.63) is 21.0 Å². The second kappa shape index (κ2) is 5.48. The third-order valence-electron chi connectivity index (χ3n) is 1.70. The number of ether oxygens (including phenoxy) is 1. The van der Waals surface area contributed by atoms with Gasteiger partial charge in [-0.05, 0) is 28.7 Å². The van der Waals surface area contributed by atoms with Gasteiger partial charge in [0.15, 0.2) is 5.75 Å². The molecule has 1 aromatic heterocycles. The van der Waals surface area contributed by atoms with E-state index in [1.54, 1.807) is 28.7 Å². The Morgan fingerprint density at radius 1 is 1.47 bits per heavy atom. The molecule has 1 aromatic rings. The number of halogens is 5. The molecule has 0 amide bonds. The van der Waals surface area contributed by atoms with Crippen molar-refractivity contribution in [3.8, 4) is 11.8 Å². The average Bonchev–Trinajstić information content (AvgIpc) is 2.20. The Hall–Kier alpha value is -1.11. The second-order valence-corrected chi connectivity index (χ2v) is 4.00. The molecule has 0 bridgehead atoms. The van der Waals surface area contributed by atoms with E-state index in [1.165, 1.54) is 6.07 Å². The number of nitriles is 1. The molecule has 8 heteroatoms. The molecule has 0 spiro atoms. The Morgan fingerprint density at radius 2 is 2.12 bits per heavy atom. The van der Waals surface area contributed by atoms with Crippen molar-refractivity contribution in [2.75, 3.05) is 0 Å². The molecule has 1 rings (SSSR count). The van der Waals surface area contributed by atoms with E-state index in [9.17, 15) is 17.6 Å². The lowest BCUT2D eigenvalue weighted by Gasteiger charge is -2.14. The number of nitrogens with zero attached hydrogens (tertiary/aromatic N) is 2. The SMILES string of the molecule is N#CCc1cc(I)nc(CF)c1OC(F)(F)F. The lowest BCUT2D eigenvalue weighted by Crippen LogP contribution is -2.20. The molecule has 0 radical (unpaired) electrons. The zero-order valence-electron chi connectivity index (χ0n) is 8.18. The topological polar surface area (TPSA) is 45.9 Å². The van der Waals surface area contributed by atoms with E-state index in [0.717, 1.165) is 0 Å². The van der Waals surface area contributed by atoms with Crippen LogP contribution in [0, 0.1) is 15.0 Å². The van der Waals surface area contributed by atoms with Gasteiger partial charge in [0.1, 0.15) is 16.1 Å². The maximum absolute atomic E-state index is 12.6. The zero-order chi connectivity index (χ0) is 13.1.